The number of carbonyl (C=O) groups excluding carboxylic acids is 1. The molecule has 3 aliphatic heterocycles. The first-order valence-corrected chi connectivity index (χ1v) is 13.3. The van der Waals surface area contributed by atoms with E-state index in [1.165, 1.54) is 25.3 Å². The second-order valence-electron chi connectivity index (χ2n) is 10.5. The fourth-order valence-electron chi connectivity index (χ4n) is 5.97. The topological polar surface area (TPSA) is 100 Å². The summed E-state index contributed by atoms with van der Waals surface area (Å²) >= 11 is 6.16. The van der Waals surface area contributed by atoms with Crippen molar-refractivity contribution in [2.75, 3.05) is 43.5 Å². The van der Waals surface area contributed by atoms with Crippen LogP contribution >= 0.6 is 11.6 Å². The number of halogens is 4. The van der Waals surface area contributed by atoms with Gasteiger partial charge >= 0.3 is 12.3 Å². The summed E-state index contributed by atoms with van der Waals surface area (Å²) in [5.41, 5.74) is 1.16. The van der Waals surface area contributed by atoms with Crippen LogP contribution in [0.4, 0.5) is 29.5 Å². The Balaban J connectivity index is 1.23. The summed E-state index contributed by atoms with van der Waals surface area (Å²) in [6, 6.07) is 9.68. The number of anilines is 2. The van der Waals surface area contributed by atoms with E-state index in [-0.39, 0.29) is 36.1 Å². The van der Waals surface area contributed by atoms with Crippen LogP contribution in [0.1, 0.15) is 24.2 Å². The molecule has 0 saturated carbocycles. The van der Waals surface area contributed by atoms with E-state index in [2.05, 4.69) is 24.9 Å². The number of aliphatic hydroxyl groups is 1. The lowest BCUT2D eigenvalue weighted by Gasteiger charge is -2.41. The van der Waals surface area contributed by atoms with Gasteiger partial charge in [-0.2, -0.15) is 13.2 Å². The number of alkyl halides is 3. The van der Waals surface area contributed by atoms with Gasteiger partial charge < -0.3 is 19.5 Å². The van der Waals surface area contributed by atoms with E-state index in [0.29, 0.717) is 29.2 Å². The molecule has 13 heteroatoms. The highest BCUT2D eigenvalue weighted by molar-refractivity contribution is 6.30. The maximum Gasteiger partial charge on any atom is 0.451 e. The lowest BCUT2D eigenvalue weighted by molar-refractivity contribution is -0.144. The minimum Gasteiger partial charge on any atom is -0.487 e. The number of β-amino-alcohol motifs (C(OH)–C–C–N with tert-alkyl or cyclic N) is 1. The van der Waals surface area contributed by atoms with Gasteiger partial charge in [-0.3, -0.25) is 10.2 Å². The lowest BCUT2D eigenvalue weighted by atomic mass is 9.86. The van der Waals surface area contributed by atoms with E-state index in [0.717, 1.165) is 30.6 Å². The Hall–Kier alpha value is -3.35. The molecule has 2 aromatic carbocycles. The number of aromatic nitrogens is 2. The van der Waals surface area contributed by atoms with Crippen LogP contribution in [0, 0.1) is 0 Å². The zero-order valence-corrected chi connectivity index (χ0v) is 22.3. The molecule has 1 spiro atoms. The number of methoxy groups -OCH3 is 1. The number of likely N-dealkylation sites (tertiary alicyclic amines) is 1. The molecule has 212 valence electrons. The van der Waals surface area contributed by atoms with Crippen molar-refractivity contribution in [1.29, 1.82) is 0 Å². The molecule has 0 aliphatic carbocycles. The number of fused-ring (bicyclic) bond motifs is 2. The van der Waals surface area contributed by atoms with Crippen molar-refractivity contribution in [2.45, 2.75) is 43.2 Å². The van der Waals surface area contributed by atoms with Gasteiger partial charge in [0.15, 0.2) is 0 Å². The van der Waals surface area contributed by atoms with Gasteiger partial charge in [0.05, 0.1) is 24.8 Å². The number of carbonyl (C=O) groups is 1. The van der Waals surface area contributed by atoms with Crippen molar-refractivity contribution in [3.8, 4) is 5.75 Å². The minimum atomic E-state index is -4.76. The summed E-state index contributed by atoms with van der Waals surface area (Å²) in [6.45, 7) is 1.72. The zero-order chi connectivity index (χ0) is 28.2. The molecule has 0 radical (unpaired) electrons. The summed E-state index contributed by atoms with van der Waals surface area (Å²) in [4.78, 5) is 23.1. The Morgan fingerprint density at radius 3 is 2.67 bits per heavy atom. The van der Waals surface area contributed by atoms with Gasteiger partial charge in [-0.25, -0.2) is 14.8 Å². The Labute approximate surface area is 232 Å². The molecule has 9 nitrogen and oxygen atoms in total. The van der Waals surface area contributed by atoms with Crippen molar-refractivity contribution >= 4 is 40.1 Å². The molecule has 3 aliphatic rings. The first kappa shape index (κ1) is 26.9. The first-order valence-electron chi connectivity index (χ1n) is 12.9. The molecule has 2 unspecified atom stereocenters. The summed E-state index contributed by atoms with van der Waals surface area (Å²) in [6.07, 6.45) is -4.01. The number of hydrogen-bond acceptors (Lipinski definition) is 8. The highest BCUT2D eigenvalue weighted by Gasteiger charge is 2.46. The van der Waals surface area contributed by atoms with Crippen molar-refractivity contribution in [3.05, 3.63) is 52.8 Å². The van der Waals surface area contributed by atoms with Gasteiger partial charge in [0.1, 0.15) is 17.2 Å². The average molecular weight is 578 g/mol. The Morgan fingerprint density at radius 1 is 1.18 bits per heavy atom. The van der Waals surface area contributed by atoms with Crippen LogP contribution in [0.3, 0.4) is 0 Å². The summed E-state index contributed by atoms with van der Waals surface area (Å²) < 4.78 is 52.0. The first-order chi connectivity index (χ1) is 19.0. The van der Waals surface area contributed by atoms with Gasteiger partial charge in [0, 0.05) is 61.5 Å². The minimum absolute atomic E-state index is 0.0484. The molecule has 1 amide bonds. The predicted molar refractivity (Wildman–Crippen MR) is 142 cm³/mol. The number of rotatable bonds is 3. The number of nitrogens with one attached hydrogen (secondary N) is 1. The SMILES string of the molecule is COC(=O)Nc1ccc2nc(C(F)(F)F)nc(N3CC(O)C(N4CCC5(CC4)Cc4cc(Cl)ccc4O5)C3)c2c1. The van der Waals surface area contributed by atoms with Crippen LogP contribution in [-0.4, -0.2) is 77.1 Å². The quantitative estimate of drug-likeness (QED) is 0.469. The van der Waals surface area contributed by atoms with Gasteiger partial charge in [-0.05, 0) is 42.0 Å². The molecule has 1 aromatic heterocycles. The van der Waals surface area contributed by atoms with E-state index in [1.807, 2.05) is 18.2 Å². The average Bonchev–Trinajstić information content (AvgIpc) is 3.47. The molecular weight excluding hydrogens is 551 g/mol. The van der Waals surface area contributed by atoms with Crippen LogP contribution in [0.5, 0.6) is 5.75 Å². The maximum absolute atomic E-state index is 13.7. The Bertz CT molecular complexity index is 1460. The molecule has 6 rings (SSSR count). The second-order valence-corrected chi connectivity index (χ2v) is 10.9. The highest BCUT2D eigenvalue weighted by atomic mass is 35.5. The lowest BCUT2D eigenvalue weighted by Crippen LogP contribution is -2.53. The van der Waals surface area contributed by atoms with Crippen LogP contribution in [-0.2, 0) is 17.3 Å². The molecule has 3 aromatic rings. The van der Waals surface area contributed by atoms with Gasteiger partial charge in [-0.1, -0.05) is 11.6 Å². The van der Waals surface area contributed by atoms with Crippen molar-refractivity contribution in [1.82, 2.24) is 14.9 Å². The molecule has 2 fully saturated rings. The monoisotopic (exact) mass is 577 g/mol. The molecule has 4 heterocycles. The fraction of sp³-hybridized carbons (Fsp3) is 0.444. The third kappa shape index (κ3) is 4.99. The third-order valence-corrected chi connectivity index (χ3v) is 8.19. The van der Waals surface area contributed by atoms with E-state index >= 15 is 0 Å². The molecule has 2 N–H and O–H groups in total. The van der Waals surface area contributed by atoms with Crippen LogP contribution in [0.15, 0.2) is 36.4 Å². The van der Waals surface area contributed by atoms with Gasteiger partial charge in [0.2, 0.25) is 5.82 Å². The summed E-state index contributed by atoms with van der Waals surface area (Å²) in [5, 5.41) is 14.5. The van der Waals surface area contributed by atoms with Crippen molar-refractivity contribution < 1.29 is 32.5 Å². The van der Waals surface area contributed by atoms with E-state index in [1.54, 1.807) is 4.90 Å². The van der Waals surface area contributed by atoms with Gasteiger partial charge in [-0.15, -0.1) is 0 Å². The molecule has 40 heavy (non-hydrogen) atoms. The smallest absolute Gasteiger partial charge is 0.451 e. The second kappa shape index (κ2) is 9.93. The van der Waals surface area contributed by atoms with E-state index in [9.17, 15) is 23.1 Å². The van der Waals surface area contributed by atoms with Crippen molar-refractivity contribution in [2.24, 2.45) is 0 Å². The Morgan fingerprint density at radius 2 is 1.95 bits per heavy atom. The molecular formula is C27H27ClF3N5O4. The molecule has 0 bridgehead atoms. The number of hydrogen-bond donors (Lipinski definition) is 2. The third-order valence-electron chi connectivity index (χ3n) is 7.96. The predicted octanol–water partition coefficient (Wildman–Crippen LogP) is 4.50. The summed E-state index contributed by atoms with van der Waals surface area (Å²) in [5.74, 6) is -0.367. The van der Waals surface area contributed by atoms with Crippen LogP contribution < -0.4 is 15.0 Å². The van der Waals surface area contributed by atoms with Crippen molar-refractivity contribution in [3.63, 3.8) is 0 Å². The number of benzene rings is 2. The number of aliphatic hydroxyl groups excluding tert-OH is 1. The normalized spacial score (nSPS) is 22.4. The number of nitrogens with zero attached hydrogens (tertiary/aromatic N) is 4. The maximum atomic E-state index is 13.7. The number of ether oxygens (including phenoxy) is 2. The van der Waals surface area contributed by atoms with Crippen LogP contribution in [0.2, 0.25) is 5.02 Å². The fourth-order valence-corrected chi connectivity index (χ4v) is 6.17. The molecule has 2 atom stereocenters. The Kier molecular flexibility index (Phi) is 6.67. The van der Waals surface area contributed by atoms with Gasteiger partial charge in [0.25, 0.3) is 0 Å². The van der Waals surface area contributed by atoms with E-state index < -0.39 is 24.2 Å². The van der Waals surface area contributed by atoms with Crippen LogP contribution in [0.25, 0.3) is 10.9 Å². The molecule has 2 saturated heterocycles. The standard InChI is InChI=1S/C27H27ClF3N5O4/c1-39-25(38)32-17-3-4-19-18(11-17)23(34-24(33-19)27(29,30)31)36-13-20(21(37)14-36)35-8-6-26(7-9-35)12-15-10-16(28)2-5-22(15)40-26/h2-5,10-11,20-21,37H,6-9,12-14H2,1H3,(H,32,38). The zero-order valence-electron chi connectivity index (χ0n) is 21.5. The number of amides is 1. The highest BCUT2D eigenvalue weighted by Crippen LogP contribution is 2.43. The largest absolute Gasteiger partial charge is 0.487 e. The number of piperidine rings is 1. The summed E-state index contributed by atoms with van der Waals surface area (Å²) in [7, 11) is 1.21. The van der Waals surface area contributed by atoms with E-state index in [4.69, 9.17) is 16.3 Å².